The molecule has 3 heteroatoms. The Hall–Kier alpha value is -0.120. The molecule has 3 nitrogen and oxygen atoms in total. The van der Waals surface area contributed by atoms with Gasteiger partial charge in [-0.1, -0.05) is 27.7 Å². The van der Waals surface area contributed by atoms with Crippen molar-refractivity contribution in [2.24, 2.45) is 17.1 Å². The van der Waals surface area contributed by atoms with Crippen LogP contribution in [0.2, 0.25) is 0 Å². The van der Waals surface area contributed by atoms with Crippen molar-refractivity contribution in [3.63, 3.8) is 0 Å². The van der Waals surface area contributed by atoms with Crippen LogP contribution in [0.1, 0.15) is 53.4 Å². The largest absolute Gasteiger partial charge is 0.329 e. The smallest absolute Gasteiger partial charge is 0.0332 e. The molecule has 0 amide bonds. The van der Waals surface area contributed by atoms with E-state index in [1.165, 1.54) is 32.2 Å². The van der Waals surface area contributed by atoms with Crippen molar-refractivity contribution < 1.29 is 0 Å². The van der Waals surface area contributed by atoms with E-state index in [4.69, 9.17) is 5.73 Å². The van der Waals surface area contributed by atoms with Crippen LogP contribution in [-0.4, -0.2) is 55.6 Å². The molecule has 0 aliphatic heterocycles. The first kappa shape index (κ1) is 17.9. The van der Waals surface area contributed by atoms with E-state index >= 15 is 0 Å². The Labute approximate surface area is 126 Å². The molecule has 0 bridgehead atoms. The van der Waals surface area contributed by atoms with Crippen LogP contribution in [-0.2, 0) is 0 Å². The van der Waals surface area contributed by atoms with Gasteiger partial charge < -0.3 is 10.6 Å². The van der Waals surface area contributed by atoms with Gasteiger partial charge in [-0.3, -0.25) is 4.90 Å². The second-order valence-electron chi connectivity index (χ2n) is 8.24. The first-order valence-electron chi connectivity index (χ1n) is 8.31. The second kappa shape index (κ2) is 7.24. The monoisotopic (exact) mass is 283 g/mol. The number of nitrogens with zero attached hydrogens (tertiary/aromatic N) is 2. The molecule has 0 spiro atoms. The molecule has 0 saturated heterocycles. The number of nitrogens with two attached hydrogens (primary N) is 1. The first-order chi connectivity index (χ1) is 9.21. The fourth-order valence-electron chi connectivity index (χ4n) is 3.33. The molecule has 1 rings (SSSR count). The summed E-state index contributed by atoms with van der Waals surface area (Å²) >= 11 is 0. The minimum atomic E-state index is 0.246. The fraction of sp³-hybridized carbons (Fsp3) is 1.00. The zero-order valence-corrected chi connectivity index (χ0v) is 14.7. The highest BCUT2D eigenvalue weighted by Gasteiger charge is 2.41. The molecular weight excluding hydrogens is 246 g/mol. The van der Waals surface area contributed by atoms with Crippen molar-refractivity contribution in [2.45, 2.75) is 58.9 Å². The van der Waals surface area contributed by atoms with E-state index in [9.17, 15) is 0 Å². The van der Waals surface area contributed by atoms with E-state index < -0.39 is 0 Å². The molecule has 0 aromatic carbocycles. The molecule has 20 heavy (non-hydrogen) atoms. The molecule has 1 aliphatic carbocycles. The van der Waals surface area contributed by atoms with E-state index in [0.29, 0.717) is 11.3 Å². The van der Waals surface area contributed by atoms with E-state index in [-0.39, 0.29) is 5.54 Å². The van der Waals surface area contributed by atoms with Gasteiger partial charge in [-0.25, -0.2) is 0 Å². The summed E-state index contributed by atoms with van der Waals surface area (Å²) in [7, 11) is 4.32. The molecule has 120 valence electrons. The van der Waals surface area contributed by atoms with Crippen LogP contribution in [0.5, 0.6) is 0 Å². The quantitative estimate of drug-likeness (QED) is 0.780. The number of hydrogen-bond donors (Lipinski definition) is 1. The molecule has 1 fully saturated rings. The van der Waals surface area contributed by atoms with Crippen molar-refractivity contribution in [3.05, 3.63) is 0 Å². The van der Waals surface area contributed by atoms with Gasteiger partial charge in [0.2, 0.25) is 0 Å². The highest BCUT2D eigenvalue weighted by molar-refractivity contribution is 4.98. The van der Waals surface area contributed by atoms with Crippen LogP contribution >= 0.6 is 0 Å². The lowest BCUT2D eigenvalue weighted by atomic mass is 9.68. The third-order valence-electron chi connectivity index (χ3n) is 4.99. The van der Waals surface area contributed by atoms with E-state index in [1.807, 2.05) is 0 Å². The second-order valence-corrected chi connectivity index (χ2v) is 8.24. The van der Waals surface area contributed by atoms with Crippen LogP contribution < -0.4 is 5.73 Å². The van der Waals surface area contributed by atoms with Gasteiger partial charge in [0, 0.05) is 31.7 Å². The average molecular weight is 284 g/mol. The lowest BCUT2D eigenvalue weighted by molar-refractivity contribution is 0.0118. The molecule has 0 aromatic heterocycles. The van der Waals surface area contributed by atoms with Crippen molar-refractivity contribution in [2.75, 3.05) is 40.3 Å². The third-order valence-corrected chi connectivity index (χ3v) is 4.99. The zero-order chi connectivity index (χ0) is 15.4. The molecule has 1 saturated carbocycles. The van der Waals surface area contributed by atoms with Gasteiger partial charge in [-0.15, -0.1) is 0 Å². The van der Waals surface area contributed by atoms with Crippen LogP contribution in [0.4, 0.5) is 0 Å². The van der Waals surface area contributed by atoms with Crippen molar-refractivity contribution >= 4 is 0 Å². The van der Waals surface area contributed by atoms with Crippen LogP contribution in [0, 0.1) is 11.3 Å². The minimum absolute atomic E-state index is 0.246. The summed E-state index contributed by atoms with van der Waals surface area (Å²) in [5.74, 6) is 0.704. The predicted octanol–water partition coefficient (Wildman–Crippen LogP) is 2.80. The van der Waals surface area contributed by atoms with Gasteiger partial charge >= 0.3 is 0 Å². The molecule has 0 radical (unpaired) electrons. The van der Waals surface area contributed by atoms with Crippen LogP contribution in [0.15, 0.2) is 0 Å². The lowest BCUT2D eigenvalue weighted by Crippen LogP contribution is -2.58. The maximum atomic E-state index is 6.25. The van der Waals surface area contributed by atoms with Gasteiger partial charge in [-0.05, 0) is 51.1 Å². The topological polar surface area (TPSA) is 32.5 Å². The summed E-state index contributed by atoms with van der Waals surface area (Å²) in [6.07, 6.45) is 5.13. The number of hydrogen-bond acceptors (Lipinski definition) is 3. The van der Waals surface area contributed by atoms with Crippen molar-refractivity contribution in [3.8, 4) is 0 Å². The predicted molar refractivity (Wildman–Crippen MR) is 89.0 cm³/mol. The van der Waals surface area contributed by atoms with Crippen molar-refractivity contribution in [1.82, 2.24) is 9.80 Å². The first-order valence-corrected chi connectivity index (χ1v) is 8.31. The molecule has 0 unspecified atom stereocenters. The lowest BCUT2D eigenvalue weighted by Gasteiger charge is -2.50. The summed E-state index contributed by atoms with van der Waals surface area (Å²) in [5.41, 5.74) is 7.00. The fourth-order valence-corrected chi connectivity index (χ4v) is 3.33. The molecule has 2 N–H and O–H groups in total. The Bertz CT molecular complexity index is 274. The maximum absolute atomic E-state index is 6.25. The van der Waals surface area contributed by atoms with Gasteiger partial charge in [0.05, 0.1) is 0 Å². The third kappa shape index (κ3) is 5.01. The van der Waals surface area contributed by atoms with Crippen LogP contribution in [0.25, 0.3) is 0 Å². The van der Waals surface area contributed by atoms with Gasteiger partial charge in [0.25, 0.3) is 0 Å². The summed E-state index contributed by atoms with van der Waals surface area (Å²) in [6.45, 7) is 13.7. The highest BCUT2D eigenvalue weighted by atomic mass is 15.2. The SMILES string of the molecule is CC(C)CN(CCN(C)C)C1(CN)CCC(C)(C)CC1. The van der Waals surface area contributed by atoms with E-state index in [2.05, 4.69) is 51.6 Å². The molecule has 0 aromatic rings. The zero-order valence-electron chi connectivity index (χ0n) is 14.7. The molecule has 1 aliphatic rings. The van der Waals surface area contributed by atoms with E-state index in [0.717, 1.165) is 19.6 Å². The maximum Gasteiger partial charge on any atom is 0.0332 e. The van der Waals surface area contributed by atoms with Crippen molar-refractivity contribution in [1.29, 1.82) is 0 Å². The summed E-state index contributed by atoms with van der Waals surface area (Å²) < 4.78 is 0. The molecule has 0 heterocycles. The standard InChI is InChI=1S/C17H37N3/c1-15(2)13-20(12-11-19(5)6)17(14-18)9-7-16(3,4)8-10-17/h15H,7-14,18H2,1-6H3. The summed E-state index contributed by atoms with van der Waals surface area (Å²) in [4.78, 5) is 4.98. The average Bonchev–Trinajstić information content (AvgIpc) is 2.35. The Morgan fingerprint density at radius 3 is 1.95 bits per heavy atom. The van der Waals surface area contributed by atoms with E-state index in [1.54, 1.807) is 0 Å². The normalized spacial score (nSPS) is 21.9. The Balaban J connectivity index is 2.78. The Kier molecular flexibility index (Phi) is 6.49. The minimum Gasteiger partial charge on any atom is -0.329 e. The Morgan fingerprint density at radius 2 is 1.55 bits per heavy atom. The number of likely N-dealkylation sites (N-methyl/N-ethyl adjacent to an activating group) is 1. The molecular formula is C17H37N3. The Morgan fingerprint density at radius 1 is 1.00 bits per heavy atom. The summed E-state index contributed by atoms with van der Waals surface area (Å²) in [6, 6.07) is 0. The van der Waals surface area contributed by atoms with Gasteiger partial charge in [0.1, 0.15) is 0 Å². The number of rotatable bonds is 7. The summed E-state index contributed by atoms with van der Waals surface area (Å²) in [5, 5.41) is 0. The van der Waals surface area contributed by atoms with Crippen LogP contribution in [0.3, 0.4) is 0 Å². The molecule has 0 atom stereocenters. The highest BCUT2D eigenvalue weighted by Crippen LogP contribution is 2.42. The van der Waals surface area contributed by atoms with Gasteiger partial charge in [-0.2, -0.15) is 0 Å². The van der Waals surface area contributed by atoms with Gasteiger partial charge in [0.15, 0.2) is 0 Å².